The molecule has 1 aliphatic carbocycles. The van der Waals surface area contributed by atoms with E-state index in [0.29, 0.717) is 18.6 Å². The third kappa shape index (κ3) is 7.91. The zero-order valence-electron chi connectivity index (χ0n) is 12.9. The first-order valence-corrected chi connectivity index (χ1v) is 8.13. The van der Waals surface area contributed by atoms with E-state index in [1.165, 1.54) is 44.9 Å². The molecule has 0 aromatic carbocycles. The van der Waals surface area contributed by atoms with Gasteiger partial charge in [-0.15, -0.1) is 0 Å². The normalized spacial score (nSPS) is 19.7. The number of ether oxygens (including phenoxy) is 1. The summed E-state index contributed by atoms with van der Waals surface area (Å²) in [6.45, 7) is 7.50. The largest absolute Gasteiger partial charge is 0.389 e. The van der Waals surface area contributed by atoms with Gasteiger partial charge in [0.05, 0.1) is 12.7 Å². The zero-order valence-corrected chi connectivity index (χ0v) is 12.9. The van der Waals surface area contributed by atoms with Crippen LogP contribution >= 0.6 is 0 Å². The molecule has 0 aliphatic heterocycles. The number of hydrogen-bond acceptors (Lipinski definition) is 3. The molecule has 1 aliphatic rings. The molecule has 1 atom stereocenters. The van der Waals surface area contributed by atoms with Crippen molar-refractivity contribution in [3.8, 4) is 0 Å². The first-order valence-electron chi connectivity index (χ1n) is 8.13. The van der Waals surface area contributed by atoms with Gasteiger partial charge in [-0.05, 0) is 24.7 Å². The third-order valence-electron chi connectivity index (χ3n) is 4.19. The summed E-state index contributed by atoms with van der Waals surface area (Å²) in [6, 6.07) is 0. The molecule has 0 spiro atoms. The second-order valence-electron chi connectivity index (χ2n) is 6.44. The van der Waals surface area contributed by atoms with Crippen LogP contribution in [0.25, 0.3) is 0 Å². The maximum atomic E-state index is 9.82. The average molecular weight is 271 g/mol. The van der Waals surface area contributed by atoms with Crippen LogP contribution in [0.3, 0.4) is 0 Å². The Morgan fingerprint density at radius 2 is 1.95 bits per heavy atom. The highest BCUT2D eigenvalue weighted by Crippen LogP contribution is 2.36. The summed E-state index contributed by atoms with van der Waals surface area (Å²) >= 11 is 0. The fourth-order valence-electron chi connectivity index (χ4n) is 2.86. The van der Waals surface area contributed by atoms with Crippen molar-refractivity contribution < 1.29 is 9.84 Å². The molecule has 0 bridgehead atoms. The average Bonchev–Trinajstić information content (AvgIpc) is 2.81. The molecule has 0 amide bonds. The van der Waals surface area contributed by atoms with E-state index in [-0.39, 0.29) is 6.10 Å². The highest BCUT2D eigenvalue weighted by atomic mass is 16.5. The predicted molar refractivity (Wildman–Crippen MR) is 80.4 cm³/mol. The molecule has 1 fully saturated rings. The fraction of sp³-hybridized carbons (Fsp3) is 1.00. The topological polar surface area (TPSA) is 41.5 Å². The van der Waals surface area contributed by atoms with E-state index >= 15 is 0 Å². The van der Waals surface area contributed by atoms with Crippen molar-refractivity contribution in [1.82, 2.24) is 5.32 Å². The molecule has 0 heterocycles. The molecule has 1 rings (SSSR count). The Morgan fingerprint density at radius 1 is 1.21 bits per heavy atom. The van der Waals surface area contributed by atoms with Gasteiger partial charge in [-0.3, -0.25) is 0 Å². The number of hydrogen-bond donors (Lipinski definition) is 2. The molecule has 1 unspecified atom stereocenters. The first kappa shape index (κ1) is 16.9. The van der Waals surface area contributed by atoms with Gasteiger partial charge in [0.1, 0.15) is 0 Å². The lowest BCUT2D eigenvalue weighted by Crippen LogP contribution is -2.36. The Hall–Kier alpha value is -0.120. The van der Waals surface area contributed by atoms with Gasteiger partial charge in [0.25, 0.3) is 0 Å². The molecule has 3 nitrogen and oxygen atoms in total. The standard InChI is InChI=1S/C16H33NO2/c1-3-4-5-8-11-19-13-15(18)12-17-14-16(2)9-6-7-10-16/h15,17-18H,3-14H2,1-2H3. The maximum absolute atomic E-state index is 9.82. The first-order chi connectivity index (χ1) is 9.16. The Morgan fingerprint density at radius 3 is 2.63 bits per heavy atom. The molecular weight excluding hydrogens is 238 g/mol. The van der Waals surface area contributed by atoms with Crippen molar-refractivity contribution >= 4 is 0 Å². The van der Waals surface area contributed by atoms with E-state index in [1.54, 1.807) is 0 Å². The summed E-state index contributed by atoms with van der Waals surface area (Å²) in [7, 11) is 0. The number of unbranched alkanes of at least 4 members (excludes halogenated alkanes) is 3. The van der Waals surface area contributed by atoms with Crippen LogP contribution in [0.4, 0.5) is 0 Å². The minimum absolute atomic E-state index is 0.365. The van der Waals surface area contributed by atoms with Gasteiger partial charge in [-0.25, -0.2) is 0 Å². The van der Waals surface area contributed by atoms with E-state index in [1.807, 2.05) is 0 Å². The second-order valence-corrected chi connectivity index (χ2v) is 6.44. The maximum Gasteiger partial charge on any atom is 0.0897 e. The molecule has 1 saturated carbocycles. The van der Waals surface area contributed by atoms with Crippen LogP contribution in [0, 0.1) is 5.41 Å². The van der Waals surface area contributed by atoms with Crippen LogP contribution < -0.4 is 5.32 Å². The van der Waals surface area contributed by atoms with Gasteiger partial charge >= 0.3 is 0 Å². The summed E-state index contributed by atoms with van der Waals surface area (Å²) in [5.74, 6) is 0. The van der Waals surface area contributed by atoms with Crippen LogP contribution in [-0.2, 0) is 4.74 Å². The van der Waals surface area contributed by atoms with Crippen LogP contribution in [0.5, 0.6) is 0 Å². The van der Waals surface area contributed by atoms with Crippen molar-refractivity contribution in [2.24, 2.45) is 5.41 Å². The minimum Gasteiger partial charge on any atom is -0.389 e. The van der Waals surface area contributed by atoms with Crippen LogP contribution in [0.15, 0.2) is 0 Å². The summed E-state index contributed by atoms with van der Waals surface area (Å²) in [4.78, 5) is 0. The molecule has 0 radical (unpaired) electrons. The number of aliphatic hydroxyl groups excluding tert-OH is 1. The van der Waals surface area contributed by atoms with E-state index < -0.39 is 0 Å². The molecule has 0 aromatic rings. The molecule has 0 aromatic heterocycles. The van der Waals surface area contributed by atoms with Crippen molar-refractivity contribution in [2.75, 3.05) is 26.3 Å². The SMILES string of the molecule is CCCCCCOCC(O)CNCC1(C)CCCC1. The quantitative estimate of drug-likeness (QED) is 0.567. The summed E-state index contributed by atoms with van der Waals surface area (Å²) < 4.78 is 5.50. The van der Waals surface area contributed by atoms with Gasteiger partial charge < -0.3 is 15.2 Å². The van der Waals surface area contributed by atoms with Gasteiger partial charge in [-0.1, -0.05) is 46.0 Å². The number of rotatable bonds is 11. The lowest BCUT2D eigenvalue weighted by molar-refractivity contribution is 0.0343. The second kappa shape index (κ2) is 9.73. The zero-order chi connectivity index (χ0) is 14.0. The molecule has 3 heteroatoms. The van der Waals surface area contributed by atoms with E-state index in [4.69, 9.17) is 4.74 Å². The Kier molecular flexibility index (Phi) is 8.67. The Labute approximate surface area is 119 Å². The van der Waals surface area contributed by atoms with Crippen molar-refractivity contribution in [1.29, 1.82) is 0 Å². The third-order valence-corrected chi connectivity index (χ3v) is 4.19. The van der Waals surface area contributed by atoms with E-state index in [0.717, 1.165) is 19.6 Å². The lowest BCUT2D eigenvalue weighted by Gasteiger charge is -2.24. The van der Waals surface area contributed by atoms with Crippen molar-refractivity contribution in [2.45, 2.75) is 71.3 Å². The van der Waals surface area contributed by atoms with Crippen LogP contribution in [0.1, 0.15) is 65.2 Å². The van der Waals surface area contributed by atoms with E-state index in [2.05, 4.69) is 19.2 Å². The van der Waals surface area contributed by atoms with Gasteiger partial charge in [-0.2, -0.15) is 0 Å². The Balaban J connectivity index is 1.91. The number of nitrogens with one attached hydrogen (secondary N) is 1. The monoisotopic (exact) mass is 271 g/mol. The van der Waals surface area contributed by atoms with Gasteiger partial charge in [0.2, 0.25) is 0 Å². The lowest BCUT2D eigenvalue weighted by atomic mass is 9.89. The minimum atomic E-state index is -0.365. The highest BCUT2D eigenvalue weighted by molar-refractivity contribution is 4.82. The molecular formula is C16H33NO2. The van der Waals surface area contributed by atoms with Crippen molar-refractivity contribution in [3.05, 3.63) is 0 Å². The number of aliphatic hydroxyl groups is 1. The molecule has 19 heavy (non-hydrogen) atoms. The van der Waals surface area contributed by atoms with Crippen molar-refractivity contribution in [3.63, 3.8) is 0 Å². The Bertz CT molecular complexity index is 215. The summed E-state index contributed by atoms with van der Waals surface area (Å²) in [6.07, 6.45) is 9.90. The van der Waals surface area contributed by atoms with Gasteiger partial charge in [0.15, 0.2) is 0 Å². The fourth-order valence-corrected chi connectivity index (χ4v) is 2.86. The summed E-state index contributed by atoms with van der Waals surface area (Å²) in [5.41, 5.74) is 0.459. The predicted octanol–water partition coefficient (Wildman–Crippen LogP) is 3.11. The van der Waals surface area contributed by atoms with E-state index in [9.17, 15) is 5.11 Å². The smallest absolute Gasteiger partial charge is 0.0897 e. The molecule has 114 valence electrons. The van der Waals surface area contributed by atoms with Gasteiger partial charge in [0, 0.05) is 19.7 Å². The molecule has 2 N–H and O–H groups in total. The highest BCUT2D eigenvalue weighted by Gasteiger charge is 2.27. The van der Waals surface area contributed by atoms with Crippen LogP contribution in [-0.4, -0.2) is 37.5 Å². The van der Waals surface area contributed by atoms with Crippen LogP contribution in [0.2, 0.25) is 0 Å². The summed E-state index contributed by atoms with van der Waals surface area (Å²) in [5, 5.41) is 13.2. The molecule has 0 saturated heterocycles.